The maximum Gasteiger partial charge on any atom is 0.325 e. The van der Waals surface area contributed by atoms with Crippen LogP contribution in [-0.2, 0) is 25.6 Å². The molecule has 0 bridgehead atoms. The third-order valence-electron chi connectivity index (χ3n) is 4.79. The van der Waals surface area contributed by atoms with Gasteiger partial charge in [-0.2, -0.15) is 0 Å². The van der Waals surface area contributed by atoms with Crippen molar-refractivity contribution in [1.29, 1.82) is 0 Å². The maximum atomic E-state index is 12.7. The molecule has 0 aliphatic carbocycles. The topological polar surface area (TPSA) is 197 Å². The van der Waals surface area contributed by atoms with Gasteiger partial charge in [0.25, 0.3) is 0 Å². The fourth-order valence-corrected chi connectivity index (χ4v) is 2.80. The Morgan fingerprint density at radius 2 is 1.50 bits per heavy atom. The van der Waals surface area contributed by atoms with Gasteiger partial charge in [0, 0.05) is 0 Å². The fourth-order valence-electron chi connectivity index (χ4n) is 2.80. The number of unbranched alkanes of at least 4 members (excludes halogenated alkanes) is 1. The molecule has 0 heterocycles. The Balaban J connectivity index is 2.74. The largest absolute Gasteiger partial charge is 0.508 e. The molecule has 0 aliphatic heterocycles. The van der Waals surface area contributed by atoms with E-state index >= 15 is 0 Å². The van der Waals surface area contributed by atoms with E-state index in [0.29, 0.717) is 25.8 Å². The van der Waals surface area contributed by atoms with E-state index in [1.54, 1.807) is 12.1 Å². The Hall–Kier alpha value is -3.18. The summed E-state index contributed by atoms with van der Waals surface area (Å²) >= 11 is 0. The van der Waals surface area contributed by atoms with Crippen molar-refractivity contribution in [2.45, 2.75) is 63.7 Å². The predicted octanol–water partition coefficient (Wildman–Crippen LogP) is -1.03. The predicted molar refractivity (Wildman–Crippen MR) is 117 cm³/mol. The maximum absolute atomic E-state index is 12.7. The number of hydrogen-bond acceptors (Lipinski definition) is 7. The summed E-state index contributed by atoms with van der Waals surface area (Å²) in [7, 11) is 0. The van der Waals surface area contributed by atoms with Crippen LogP contribution in [0.25, 0.3) is 0 Å². The van der Waals surface area contributed by atoms with Crippen molar-refractivity contribution < 1.29 is 29.4 Å². The quantitative estimate of drug-likeness (QED) is 0.185. The third kappa shape index (κ3) is 9.31. The highest BCUT2D eigenvalue weighted by Crippen LogP contribution is 2.11. The fraction of sp³-hybridized carbons (Fsp3) is 0.524. The molecule has 0 radical (unpaired) electrons. The molecule has 0 spiro atoms. The van der Waals surface area contributed by atoms with Crippen LogP contribution in [-0.4, -0.2) is 64.6 Å². The number of carboxylic acids is 1. The SMILES string of the molecule is CC(NC(=O)C(C)NC(=O)C(CCCCN)NC(=O)C(N)Cc1ccc(O)cc1)C(=O)O. The Bertz CT molecular complexity index is 785. The van der Waals surface area contributed by atoms with Gasteiger partial charge in [0.1, 0.15) is 23.9 Å². The smallest absolute Gasteiger partial charge is 0.325 e. The third-order valence-corrected chi connectivity index (χ3v) is 4.79. The number of benzene rings is 1. The van der Waals surface area contributed by atoms with Crippen LogP contribution in [0.2, 0.25) is 0 Å². The first-order valence-corrected chi connectivity index (χ1v) is 10.4. The van der Waals surface area contributed by atoms with E-state index in [1.807, 2.05) is 0 Å². The van der Waals surface area contributed by atoms with E-state index in [-0.39, 0.29) is 12.2 Å². The molecule has 3 amide bonds. The molecule has 0 saturated heterocycles. The molecule has 0 saturated carbocycles. The van der Waals surface area contributed by atoms with Crippen LogP contribution >= 0.6 is 0 Å². The molecule has 178 valence electrons. The average molecular weight is 452 g/mol. The Morgan fingerprint density at radius 1 is 0.906 bits per heavy atom. The van der Waals surface area contributed by atoms with Crippen molar-refractivity contribution in [3.8, 4) is 5.75 Å². The zero-order chi connectivity index (χ0) is 24.3. The molecule has 11 heteroatoms. The number of phenolic OH excluding ortho intramolecular Hbond substituents is 1. The van der Waals surface area contributed by atoms with Gasteiger partial charge < -0.3 is 37.6 Å². The first-order chi connectivity index (χ1) is 15.0. The normalized spacial score (nSPS) is 14.5. The molecule has 32 heavy (non-hydrogen) atoms. The molecule has 0 aromatic heterocycles. The Labute approximate surface area is 186 Å². The number of nitrogens with two attached hydrogens (primary N) is 2. The molecule has 11 nitrogen and oxygen atoms in total. The minimum Gasteiger partial charge on any atom is -0.508 e. The van der Waals surface area contributed by atoms with Crippen LogP contribution in [0.5, 0.6) is 5.75 Å². The van der Waals surface area contributed by atoms with Crippen LogP contribution in [0.1, 0.15) is 38.7 Å². The number of aliphatic carboxylic acids is 1. The van der Waals surface area contributed by atoms with Crippen LogP contribution in [0, 0.1) is 0 Å². The highest BCUT2D eigenvalue weighted by molar-refractivity contribution is 5.93. The molecule has 0 aliphatic rings. The van der Waals surface area contributed by atoms with Gasteiger partial charge in [0.15, 0.2) is 0 Å². The van der Waals surface area contributed by atoms with Crippen LogP contribution in [0.4, 0.5) is 0 Å². The summed E-state index contributed by atoms with van der Waals surface area (Å²) in [5.41, 5.74) is 12.2. The van der Waals surface area contributed by atoms with Gasteiger partial charge >= 0.3 is 5.97 Å². The van der Waals surface area contributed by atoms with Crippen LogP contribution in [0.3, 0.4) is 0 Å². The summed E-state index contributed by atoms with van der Waals surface area (Å²) < 4.78 is 0. The number of carboxylic acid groups (broad SMARTS) is 1. The average Bonchev–Trinajstić information content (AvgIpc) is 2.74. The second-order valence-electron chi connectivity index (χ2n) is 7.62. The van der Waals surface area contributed by atoms with E-state index in [0.717, 1.165) is 5.56 Å². The number of rotatable bonds is 13. The lowest BCUT2D eigenvalue weighted by Gasteiger charge is -2.23. The van der Waals surface area contributed by atoms with Gasteiger partial charge in [0.2, 0.25) is 17.7 Å². The van der Waals surface area contributed by atoms with Crippen molar-refractivity contribution in [1.82, 2.24) is 16.0 Å². The summed E-state index contributed by atoms with van der Waals surface area (Å²) in [6, 6.07) is 2.28. The zero-order valence-electron chi connectivity index (χ0n) is 18.3. The molecular formula is C21H33N5O6. The lowest BCUT2D eigenvalue weighted by molar-refractivity contribution is -0.141. The number of amides is 3. The second-order valence-corrected chi connectivity index (χ2v) is 7.62. The van der Waals surface area contributed by atoms with Crippen LogP contribution in [0.15, 0.2) is 24.3 Å². The molecule has 9 N–H and O–H groups in total. The number of phenols is 1. The number of aromatic hydroxyl groups is 1. The van der Waals surface area contributed by atoms with Gasteiger partial charge in [-0.15, -0.1) is 0 Å². The van der Waals surface area contributed by atoms with Crippen molar-refractivity contribution in [2.75, 3.05) is 6.54 Å². The lowest BCUT2D eigenvalue weighted by atomic mass is 10.0. The highest BCUT2D eigenvalue weighted by Gasteiger charge is 2.27. The minimum atomic E-state index is -1.20. The van der Waals surface area contributed by atoms with Gasteiger partial charge in [-0.25, -0.2) is 0 Å². The molecule has 1 aromatic rings. The monoisotopic (exact) mass is 451 g/mol. The Kier molecular flexibility index (Phi) is 11.1. The second kappa shape index (κ2) is 13.3. The first-order valence-electron chi connectivity index (χ1n) is 10.4. The van der Waals surface area contributed by atoms with E-state index < -0.39 is 47.9 Å². The number of carbonyl (C=O) groups excluding carboxylic acids is 3. The zero-order valence-corrected chi connectivity index (χ0v) is 18.3. The van der Waals surface area contributed by atoms with E-state index in [2.05, 4.69) is 16.0 Å². The molecule has 4 unspecified atom stereocenters. The first kappa shape index (κ1) is 26.9. The highest BCUT2D eigenvalue weighted by atomic mass is 16.4. The molecule has 1 rings (SSSR count). The van der Waals surface area contributed by atoms with Crippen molar-refractivity contribution in [3.63, 3.8) is 0 Å². The summed E-state index contributed by atoms with van der Waals surface area (Å²) in [6.45, 7) is 3.14. The summed E-state index contributed by atoms with van der Waals surface area (Å²) in [5.74, 6) is -2.89. The number of hydrogen-bond donors (Lipinski definition) is 7. The van der Waals surface area contributed by atoms with Gasteiger partial charge in [0.05, 0.1) is 6.04 Å². The van der Waals surface area contributed by atoms with Crippen molar-refractivity contribution in [2.24, 2.45) is 11.5 Å². The van der Waals surface area contributed by atoms with Crippen molar-refractivity contribution in [3.05, 3.63) is 29.8 Å². The number of nitrogens with one attached hydrogen (secondary N) is 3. The van der Waals surface area contributed by atoms with E-state index in [1.165, 1.54) is 26.0 Å². The standard InChI is InChI=1S/C21H33N5O6/c1-12(18(28)25-13(2)21(31)32)24-20(30)17(5-3-4-10-22)26-19(29)16(23)11-14-6-8-15(27)9-7-14/h6-9,12-13,16-17,27H,3-5,10-11,22-23H2,1-2H3,(H,24,30)(H,25,28)(H,26,29)(H,31,32). The van der Waals surface area contributed by atoms with E-state index in [4.69, 9.17) is 16.6 Å². The lowest BCUT2D eigenvalue weighted by Crippen LogP contribution is -2.56. The summed E-state index contributed by atoms with van der Waals surface area (Å²) in [4.78, 5) is 48.3. The molecule has 4 atom stereocenters. The Morgan fingerprint density at radius 3 is 2.06 bits per heavy atom. The van der Waals surface area contributed by atoms with Crippen molar-refractivity contribution >= 4 is 23.7 Å². The van der Waals surface area contributed by atoms with Crippen LogP contribution < -0.4 is 27.4 Å². The molecule has 1 aromatic carbocycles. The summed E-state index contributed by atoms with van der Waals surface area (Å²) in [5, 5.41) is 25.6. The number of carbonyl (C=O) groups is 4. The minimum absolute atomic E-state index is 0.0966. The van der Waals surface area contributed by atoms with Gasteiger partial charge in [-0.05, 0) is 63.8 Å². The van der Waals surface area contributed by atoms with Gasteiger partial charge in [-0.3, -0.25) is 19.2 Å². The van der Waals surface area contributed by atoms with E-state index in [9.17, 15) is 24.3 Å². The molecule has 0 fully saturated rings. The van der Waals surface area contributed by atoms with Gasteiger partial charge in [-0.1, -0.05) is 12.1 Å². The summed E-state index contributed by atoms with van der Waals surface area (Å²) in [6.07, 6.45) is 1.71. The molecular weight excluding hydrogens is 418 g/mol.